The van der Waals surface area contributed by atoms with Crippen LogP contribution in [0.4, 0.5) is 0 Å². The number of aliphatic hydroxyl groups is 1. The highest BCUT2D eigenvalue weighted by molar-refractivity contribution is 5.91. The van der Waals surface area contributed by atoms with E-state index in [0.29, 0.717) is 5.84 Å². The van der Waals surface area contributed by atoms with Gasteiger partial charge in [0, 0.05) is 13.2 Å². The van der Waals surface area contributed by atoms with Gasteiger partial charge in [-0.25, -0.2) is 0 Å². The number of likely N-dealkylation sites (N-methyl/N-ethyl adjacent to an activating group) is 1. The zero-order valence-electron chi connectivity index (χ0n) is 6.73. The predicted octanol–water partition coefficient (Wildman–Crippen LogP) is -0.490. The Morgan fingerprint density at radius 2 is 2.36 bits per heavy atom. The van der Waals surface area contributed by atoms with Gasteiger partial charge in [-0.2, -0.15) is 0 Å². The fraction of sp³-hybridized carbons (Fsp3) is 0.571. The number of hydrogen-bond donors (Lipinski definition) is 2. The molecule has 1 aliphatic heterocycles. The molecule has 4 nitrogen and oxygen atoms in total. The Kier molecular flexibility index (Phi) is 2.14. The van der Waals surface area contributed by atoms with Gasteiger partial charge in [0.1, 0.15) is 12.1 Å². The van der Waals surface area contributed by atoms with Crippen LogP contribution < -0.4 is 5.73 Å². The van der Waals surface area contributed by atoms with Crippen LogP contribution in [0.25, 0.3) is 0 Å². The van der Waals surface area contributed by atoms with Crippen molar-refractivity contribution in [2.45, 2.75) is 19.2 Å². The smallest absolute Gasteiger partial charge is 0.148 e. The Bertz CT molecular complexity index is 200. The first-order valence-corrected chi connectivity index (χ1v) is 3.52. The Morgan fingerprint density at radius 3 is 3.00 bits per heavy atom. The molecule has 0 aromatic carbocycles. The van der Waals surface area contributed by atoms with E-state index in [4.69, 9.17) is 5.73 Å². The first-order valence-electron chi connectivity index (χ1n) is 3.52. The van der Waals surface area contributed by atoms with E-state index in [2.05, 4.69) is 4.99 Å². The Labute approximate surface area is 66.0 Å². The highest BCUT2D eigenvalue weighted by atomic mass is 16.3. The molecule has 3 N–H and O–H groups in total. The molecule has 1 heterocycles. The number of aliphatic hydroxyl groups excluding tert-OH is 1. The first-order chi connectivity index (χ1) is 5.11. The fourth-order valence-corrected chi connectivity index (χ4v) is 0.967. The lowest BCUT2D eigenvalue weighted by molar-refractivity contribution is 0.0388. The number of rotatable bonds is 0. The molecule has 0 radical (unpaired) electrons. The second kappa shape index (κ2) is 2.92. The summed E-state index contributed by atoms with van der Waals surface area (Å²) in [7, 11) is 1.78. The van der Waals surface area contributed by atoms with Gasteiger partial charge >= 0.3 is 0 Å². The minimum atomic E-state index is -0.577. The summed E-state index contributed by atoms with van der Waals surface area (Å²) in [5.74, 6) is 0.459. The van der Waals surface area contributed by atoms with Crippen LogP contribution >= 0.6 is 0 Å². The minimum Gasteiger partial charge on any atom is -0.384 e. The van der Waals surface area contributed by atoms with Gasteiger partial charge in [-0.1, -0.05) is 0 Å². The molecule has 1 aliphatic rings. The van der Waals surface area contributed by atoms with Gasteiger partial charge in [-0.3, -0.25) is 4.99 Å². The quantitative estimate of drug-likeness (QED) is 0.496. The van der Waals surface area contributed by atoms with Crippen molar-refractivity contribution in [1.29, 1.82) is 0 Å². The molecule has 0 aromatic heterocycles. The van der Waals surface area contributed by atoms with Crippen LogP contribution in [-0.4, -0.2) is 35.2 Å². The van der Waals surface area contributed by atoms with E-state index in [9.17, 15) is 5.11 Å². The molecule has 1 rings (SSSR count). The van der Waals surface area contributed by atoms with Crippen LogP contribution in [0.15, 0.2) is 17.3 Å². The molecule has 0 aromatic rings. The highest BCUT2D eigenvalue weighted by Gasteiger charge is 2.17. The normalized spacial score (nSPS) is 31.5. The topological polar surface area (TPSA) is 61.8 Å². The van der Waals surface area contributed by atoms with Crippen LogP contribution in [0.3, 0.4) is 0 Å². The van der Waals surface area contributed by atoms with Gasteiger partial charge in [0.05, 0.1) is 6.04 Å². The molecule has 62 valence electrons. The summed E-state index contributed by atoms with van der Waals surface area (Å²) in [5.41, 5.74) is 5.48. The van der Waals surface area contributed by atoms with E-state index < -0.39 is 6.23 Å². The molecule has 2 unspecified atom stereocenters. The summed E-state index contributed by atoms with van der Waals surface area (Å²) < 4.78 is 0. The van der Waals surface area contributed by atoms with Gasteiger partial charge in [0.25, 0.3) is 0 Å². The SMILES string of the molecule is CC1N=C(N)C=CN(C)C1O. The van der Waals surface area contributed by atoms with Crippen LogP contribution in [-0.2, 0) is 0 Å². The molecular formula is C7H13N3O. The lowest BCUT2D eigenvalue weighted by Gasteiger charge is -2.22. The second-order valence-corrected chi connectivity index (χ2v) is 2.69. The molecule has 0 amide bonds. The van der Waals surface area contributed by atoms with Crippen molar-refractivity contribution >= 4 is 5.84 Å². The lowest BCUT2D eigenvalue weighted by atomic mass is 10.3. The number of aliphatic imine (C=N–C) groups is 1. The van der Waals surface area contributed by atoms with Crippen molar-refractivity contribution in [2.24, 2.45) is 10.7 Å². The predicted molar refractivity (Wildman–Crippen MR) is 44.0 cm³/mol. The van der Waals surface area contributed by atoms with Crippen molar-refractivity contribution in [3.63, 3.8) is 0 Å². The monoisotopic (exact) mass is 155 g/mol. The van der Waals surface area contributed by atoms with Gasteiger partial charge in [-0.15, -0.1) is 0 Å². The van der Waals surface area contributed by atoms with Gasteiger partial charge in [0.15, 0.2) is 0 Å². The average Bonchev–Trinajstić information content (AvgIpc) is 2.05. The van der Waals surface area contributed by atoms with Crippen molar-refractivity contribution in [3.05, 3.63) is 12.3 Å². The summed E-state index contributed by atoms with van der Waals surface area (Å²) in [5, 5.41) is 9.46. The molecule has 0 saturated heterocycles. The van der Waals surface area contributed by atoms with Gasteiger partial charge in [0.2, 0.25) is 0 Å². The van der Waals surface area contributed by atoms with Crippen LogP contribution in [0.2, 0.25) is 0 Å². The number of hydrogen-bond acceptors (Lipinski definition) is 4. The molecule has 11 heavy (non-hydrogen) atoms. The van der Waals surface area contributed by atoms with Gasteiger partial charge in [-0.05, 0) is 13.0 Å². The summed E-state index contributed by atoms with van der Waals surface area (Å²) in [6.07, 6.45) is 2.81. The third kappa shape index (κ3) is 1.71. The fourth-order valence-electron chi connectivity index (χ4n) is 0.967. The Hall–Kier alpha value is -1.03. The summed E-state index contributed by atoms with van der Waals surface area (Å²) in [6.45, 7) is 1.82. The lowest BCUT2D eigenvalue weighted by Crippen LogP contribution is -2.34. The van der Waals surface area contributed by atoms with E-state index in [1.54, 1.807) is 24.2 Å². The molecule has 0 spiro atoms. The third-order valence-electron chi connectivity index (χ3n) is 1.68. The standard InChI is InChI=1S/C7H13N3O/c1-5-7(11)10(2)4-3-6(8)9-5/h3-5,7,11H,1-2H3,(H2,8,9). The van der Waals surface area contributed by atoms with E-state index in [-0.39, 0.29) is 6.04 Å². The molecule has 0 saturated carbocycles. The maximum Gasteiger partial charge on any atom is 0.148 e. The maximum absolute atomic E-state index is 9.46. The molecule has 2 atom stereocenters. The molecule has 0 fully saturated rings. The van der Waals surface area contributed by atoms with Crippen LogP contribution in [0.5, 0.6) is 0 Å². The van der Waals surface area contributed by atoms with Crippen LogP contribution in [0, 0.1) is 0 Å². The zero-order valence-corrected chi connectivity index (χ0v) is 6.73. The molecule has 0 bridgehead atoms. The molecule has 4 heteroatoms. The van der Waals surface area contributed by atoms with Gasteiger partial charge < -0.3 is 15.7 Å². The largest absolute Gasteiger partial charge is 0.384 e. The van der Waals surface area contributed by atoms with E-state index in [1.807, 2.05) is 6.92 Å². The minimum absolute atomic E-state index is 0.171. The summed E-state index contributed by atoms with van der Waals surface area (Å²) >= 11 is 0. The van der Waals surface area contributed by atoms with Crippen molar-refractivity contribution in [3.8, 4) is 0 Å². The van der Waals surface area contributed by atoms with Crippen LogP contribution in [0.1, 0.15) is 6.92 Å². The Balaban J connectivity index is 2.81. The van der Waals surface area contributed by atoms with E-state index in [0.717, 1.165) is 0 Å². The molecular weight excluding hydrogens is 142 g/mol. The number of amidine groups is 1. The highest BCUT2D eigenvalue weighted by Crippen LogP contribution is 2.06. The maximum atomic E-state index is 9.46. The zero-order chi connectivity index (χ0) is 8.43. The average molecular weight is 155 g/mol. The van der Waals surface area contributed by atoms with E-state index in [1.165, 1.54) is 0 Å². The van der Waals surface area contributed by atoms with E-state index >= 15 is 0 Å². The number of nitrogens with zero attached hydrogens (tertiary/aromatic N) is 2. The second-order valence-electron chi connectivity index (χ2n) is 2.69. The summed E-state index contributed by atoms with van der Waals surface area (Å²) in [4.78, 5) is 5.70. The van der Waals surface area contributed by atoms with Crippen molar-refractivity contribution in [1.82, 2.24) is 4.90 Å². The van der Waals surface area contributed by atoms with Crippen molar-refractivity contribution < 1.29 is 5.11 Å². The molecule has 0 aliphatic carbocycles. The first kappa shape index (κ1) is 8.07. The third-order valence-corrected chi connectivity index (χ3v) is 1.68. The Morgan fingerprint density at radius 1 is 1.73 bits per heavy atom. The number of nitrogens with two attached hydrogens (primary N) is 1. The summed E-state index contributed by atoms with van der Waals surface area (Å²) in [6, 6.07) is -0.171. The van der Waals surface area contributed by atoms with Crippen molar-refractivity contribution in [2.75, 3.05) is 7.05 Å².